The van der Waals surface area contributed by atoms with Gasteiger partial charge in [0.1, 0.15) is 11.2 Å². The first kappa shape index (κ1) is 14.1. The van der Waals surface area contributed by atoms with Crippen molar-refractivity contribution in [1.29, 1.82) is 0 Å². The molecule has 0 aliphatic carbocycles. The van der Waals surface area contributed by atoms with Gasteiger partial charge in [-0.25, -0.2) is 4.98 Å². The van der Waals surface area contributed by atoms with Crippen molar-refractivity contribution in [3.63, 3.8) is 0 Å². The van der Waals surface area contributed by atoms with Gasteiger partial charge in [0, 0.05) is 23.5 Å². The van der Waals surface area contributed by atoms with Gasteiger partial charge >= 0.3 is 0 Å². The fraction of sp³-hybridized carbons (Fsp3) is 0. The molecule has 0 saturated carbocycles. The molecule has 116 valence electrons. The van der Waals surface area contributed by atoms with E-state index < -0.39 is 11.5 Å². The Kier molecular flexibility index (Phi) is 3.31. The molecule has 4 aromatic rings. The monoisotopic (exact) mass is 315 g/mol. The standard InChI is InChI=1S/C19H13N3O2/c23-18(15-12-20-17-10-3-4-11-22(17)19(15)24)21-16-9-5-7-13-6-1-2-8-14(13)16/h1-12H,(H,21,23). The van der Waals surface area contributed by atoms with Crippen LogP contribution in [0.25, 0.3) is 16.4 Å². The number of carbonyl (C=O) groups excluding carboxylic acids is 1. The molecule has 0 spiro atoms. The lowest BCUT2D eigenvalue weighted by molar-refractivity contribution is 0.102. The van der Waals surface area contributed by atoms with Crippen molar-refractivity contribution in [3.05, 3.63) is 89.0 Å². The summed E-state index contributed by atoms with van der Waals surface area (Å²) in [6.45, 7) is 0. The average Bonchev–Trinajstić information content (AvgIpc) is 2.62. The largest absolute Gasteiger partial charge is 0.321 e. The quantitative estimate of drug-likeness (QED) is 0.618. The van der Waals surface area contributed by atoms with Crippen LogP contribution < -0.4 is 10.9 Å². The molecule has 0 atom stereocenters. The van der Waals surface area contributed by atoms with E-state index in [1.807, 2.05) is 42.5 Å². The van der Waals surface area contributed by atoms with Gasteiger partial charge in [-0.2, -0.15) is 0 Å². The summed E-state index contributed by atoms with van der Waals surface area (Å²) in [7, 11) is 0. The van der Waals surface area contributed by atoms with Crippen LogP contribution in [-0.2, 0) is 0 Å². The van der Waals surface area contributed by atoms with Gasteiger partial charge in [0.05, 0.1) is 0 Å². The van der Waals surface area contributed by atoms with Crippen molar-refractivity contribution in [2.75, 3.05) is 5.32 Å². The van der Waals surface area contributed by atoms with Gasteiger partial charge in [-0.1, -0.05) is 42.5 Å². The van der Waals surface area contributed by atoms with E-state index in [0.29, 0.717) is 11.3 Å². The number of benzene rings is 2. The molecular weight excluding hydrogens is 302 g/mol. The topological polar surface area (TPSA) is 63.5 Å². The summed E-state index contributed by atoms with van der Waals surface area (Å²) in [6.07, 6.45) is 2.91. The van der Waals surface area contributed by atoms with E-state index in [0.717, 1.165) is 10.8 Å². The van der Waals surface area contributed by atoms with Crippen LogP contribution in [0.5, 0.6) is 0 Å². The molecule has 5 nitrogen and oxygen atoms in total. The number of anilines is 1. The predicted molar refractivity (Wildman–Crippen MR) is 93.4 cm³/mol. The van der Waals surface area contributed by atoms with Crippen LogP contribution in [-0.4, -0.2) is 15.3 Å². The molecule has 0 saturated heterocycles. The Balaban J connectivity index is 1.77. The van der Waals surface area contributed by atoms with Crippen molar-refractivity contribution in [2.45, 2.75) is 0 Å². The van der Waals surface area contributed by atoms with Crippen LogP contribution in [0.1, 0.15) is 10.4 Å². The zero-order valence-electron chi connectivity index (χ0n) is 12.6. The van der Waals surface area contributed by atoms with Crippen molar-refractivity contribution in [2.24, 2.45) is 0 Å². The summed E-state index contributed by atoms with van der Waals surface area (Å²) in [5.74, 6) is -0.470. The number of amides is 1. The molecule has 0 fully saturated rings. The maximum atomic E-state index is 12.6. The lowest BCUT2D eigenvalue weighted by Crippen LogP contribution is -2.26. The van der Waals surface area contributed by atoms with Crippen molar-refractivity contribution >= 4 is 28.0 Å². The minimum Gasteiger partial charge on any atom is -0.321 e. The summed E-state index contributed by atoms with van der Waals surface area (Å²) in [4.78, 5) is 29.2. The Hall–Kier alpha value is -3.47. The zero-order valence-corrected chi connectivity index (χ0v) is 12.6. The normalized spacial score (nSPS) is 10.8. The third-order valence-electron chi connectivity index (χ3n) is 3.90. The third kappa shape index (κ3) is 2.32. The van der Waals surface area contributed by atoms with Gasteiger partial charge in [-0.3, -0.25) is 14.0 Å². The first-order chi connectivity index (χ1) is 11.7. The van der Waals surface area contributed by atoms with Gasteiger partial charge in [0.2, 0.25) is 0 Å². The number of nitrogens with zero attached hydrogens (tertiary/aromatic N) is 2. The van der Waals surface area contributed by atoms with Gasteiger partial charge < -0.3 is 5.32 Å². The van der Waals surface area contributed by atoms with Crippen molar-refractivity contribution < 1.29 is 4.79 Å². The molecule has 0 aliphatic rings. The Bertz CT molecular complexity index is 1130. The van der Waals surface area contributed by atoms with Gasteiger partial charge in [0.15, 0.2) is 0 Å². The summed E-state index contributed by atoms with van der Waals surface area (Å²) >= 11 is 0. The molecule has 4 rings (SSSR count). The SMILES string of the molecule is O=C(Nc1cccc2ccccc12)c1cnc2ccccn2c1=O. The van der Waals surface area contributed by atoms with E-state index in [1.54, 1.807) is 24.4 Å². The number of rotatable bonds is 2. The van der Waals surface area contributed by atoms with E-state index in [2.05, 4.69) is 10.3 Å². The second kappa shape index (κ2) is 5.62. The Morgan fingerprint density at radius 1 is 0.958 bits per heavy atom. The van der Waals surface area contributed by atoms with Crippen LogP contribution >= 0.6 is 0 Å². The number of carbonyl (C=O) groups is 1. The van der Waals surface area contributed by atoms with Crippen LogP contribution in [0, 0.1) is 0 Å². The number of aromatic nitrogens is 2. The summed E-state index contributed by atoms with van der Waals surface area (Å²) < 4.78 is 1.36. The van der Waals surface area contributed by atoms with Crippen LogP contribution in [0.2, 0.25) is 0 Å². The Morgan fingerprint density at radius 2 is 1.75 bits per heavy atom. The molecule has 2 aromatic heterocycles. The maximum Gasteiger partial charge on any atom is 0.270 e. The first-order valence-electron chi connectivity index (χ1n) is 7.49. The molecule has 5 heteroatoms. The summed E-state index contributed by atoms with van der Waals surface area (Å²) in [5, 5.41) is 4.75. The number of hydrogen-bond donors (Lipinski definition) is 1. The molecule has 0 radical (unpaired) electrons. The molecule has 2 aromatic carbocycles. The Labute approximate surface area is 137 Å². The molecule has 0 bridgehead atoms. The van der Waals surface area contributed by atoms with Gasteiger partial charge in [0.25, 0.3) is 11.5 Å². The summed E-state index contributed by atoms with van der Waals surface area (Å²) in [5.41, 5.74) is 0.782. The first-order valence-corrected chi connectivity index (χ1v) is 7.49. The lowest BCUT2D eigenvalue weighted by atomic mass is 10.1. The van der Waals surface area contributed by atoms with E-state index in [-0.39, 0.29) is 5.56 Å². The highest BCUT2D eigenvalue weighted by atomic mass is 16.2. The van der Waals surface area contributed by atoms with E-state index >= 15 is 0 Å². The third-order valence-corrected chi connectivity index (χ3v) is 3.90. The number of fused-ring (bicyclic) bond motifs is 2. The minimum atomic E-state index is -0.470. The highest BCUT2D eigenvalue weighted by Gasteiger charge is 2.14. The molecule has 0 aliphatic heterocycles. The second-order valence-electron chi connectivity index (χ2n) is 5.39. The predicted octanol–water partition coefficient (Wildman–Crippen LogP) is 3.10. The van der Waals surface area contributed by atoms with Crippen molar-refractivity contribution in [3.8, 4) is 0 Å². The summed E-state index contributed by atoms with van der Waals surface area (Å²) in [6, 6.07) is 18.6. The average molecular weight is 315 g/mol. The molecule has 2 heterocycles. The smallest absolute Gasteiger partial charge is 0.270 e. The molecular formula is C19H13N3O2. The molecule has 1 amide bonds. The number of hydrogen-bond acceptors (Lipinski definition) is 3. The second-order valence-corrected chi connectivity index (χ2v) is 5.39. The van der Waals surface area contributed by atoms with Crippen molar-refractivity contribution in [1.82, 2.24) is 9.38 Å². The minimum absolute atomic E-state index is 0.00614. The van der Waals surface area contributed by atoms with Crippen LogP contribution in [0.15, 0.2) is 77.9 Å². The zero-order chi connectivity index (χ0) is 16.5. The van der Waals surface area contributed by atoms with Gasteiger partial charge in [-0.05, 0) is 23.6 Å². The van der Waals surface area contributed by atoms with E-state index in [9.17, 15) is 9.59 Å². The van der Waals surface area contributed by atoms with Crippen LogP contribution in [0.4, 0.5) is 5.69 Å². The lowest BCUT2D eigenvalue weighted by Gasteiger charge is -2.09. The number of nitrogens with one attached hydrogen (secondary N) is 1. The van der Waals surface area contributed by atoms with E-state index in [4.69, 9.17) is 0 Å². The molecule has 24 heavy (non-hydrogen) atoms. The fourth-order valence-electron chi connectivity index (χ4n) is 2.71. The maximum absolute atomic E-state index is 12.6. The molecule has 1 N–H and O–H groups in total. The van der Waals surface area contributed by atoms with E-state index in [1.165, 1.54) is 10.6 Å². The fourth-order valence-corrected chi connectivity index (χ4v) is 2.71. The molecule has 0 unspecified atom stereocenters. The highest BCUT2D eigenvalue weighted by molar-refractivity contribution is 6.08. The highest BCUT2D eigenvalue weighted by Crippen LogP contribution is 2.23. The van der Waals surface area contributed by atoms with Crippen LogP contribution in [0.3, 0.4) is 0 Å². The number of pyridine rings is 1. The van der Waals surface area contributed by atoms with Gasteiger partial charge in [-0.15, -0.1) is 0 Å². The Morgan fingerprint density at radius 3 is 2.67 bits per heavy atom.